The maximum absolute atomic E-state index is 12.6. The molecule has 1 N–H and O–H groups in total. The largest absolute Gasteiger partial charge is 0.451 e. The predicted molar refractivity (Wildman–Crippen MR) is 85.0 cm³/mol. The van der Waals surface area contributed by atoms with Crippen LogP contribution in [-0.2, 0) is 10.9 Å². The number of alkyl halides is 3. The molecule has 25 heavy (non-hydrogen) atoms. The second kappa shape index (κ2) is 8.57. The number of halogens is 3. The van der Waals surface area contributed by atoms with Gasteiger partial charge in [-0.15, -0.1) is 0 Å². The zero-order valence-electron chi connectivity index (χ0n) is 13.6. The van der Waals surface area contributed by atoms with E-state index in [9.17, 15) is 18.0 Å². The number of carbonyl (C=O) groups is 1. The Morgan fingerprint density at radius 2 is 1.84 bits per heavy atom. The first-order valence-corrected chi connectivity index (χ1v) is 7.63. The lowest BCUT2D eigenvalue weighted by Gasteiger charge is -2.18. The Labute approximate surface area is 143 Å². The lowest BCUT2D eigenvalue weighted by Crippen LogP contribution is -2.29. The molecule has 0 saturated heterocycles. The molecule has 0 aliphatic heterocycles. The number of methoxy groups -OCH3 is 1. The predicted octanol–water partition coefficient (Wildman–Crippen LogP) is 3.05. The molecule has 0 aliphatic rings. The van der Waals surface area contributed by atoms with Crippen molar-refractivity contribution >= 4 is 5.91 Å². The van der Waals surface area contributed by atoms with Crippen LogP contribution >= 0.6 is 0 Å². The van der Waals surface area contributed by atoms with Gasteiger partial charge in [0.2, 0.25) is 5.82 Å². The van der Waals surface area contributed by atoms with Crippen molar-refractivity contribution in [2.75, 3.05) is 20.3 Å². The van der Waals surface area contributed by atoms with Gasteiger partial charge in [0.05, 0.1) is 0 Å². The first kappa shape index (κ1) is 18.9. The second-order valence-electron chi connectivity index (χ2n) is 5.39. The number of amides is 1. The van der Waals surface area contributed by atoms with Crippen molar-refractivity contribution in [3.63, 3.8) is 0 Å². The summed E-state index contributed by atoms with van der Waals surface area (Å²) in [6, 6.07) is 8.67. The number of aromatic nitrogens is 2. The SMILES string of the molecule is COCCC(CNC(=O)c1ccccc1)c1cnc(C(F)(F)F)nc1. The minimum atomic E-state index is -4.58. The van der Waals surface area contributed by atoms with Crippen LogP contribution < -0.4 is 5.32 Å². The van der Waals surface area contributed by atoms with E-state index in [4.69, 9.17) is 4.74 Å². The third-order valence-electron chi connectivity index (χ3n) is 3.61. The van der Waals surface area contributed by atoms with Crippen LogP contribution in [0.1, 0.15) is 34.1 Å². The van der Waals surface area contributed by atoms with E-state index in [0.29, 0.717) is 24.2 Å². The molecule has 1 amide bonds. The van der Waals surface area contributed by atoms with E-state index in [1.807, 2.05) is 0 Å². The quantitative estimate of drug-likeness (QED) is 0.831. The summed E-state index contributed by atoms with van der Waals surface area (Å²) in [6.45, 7) is 0.638. The molecule has 134 valence electrons. The number of rotatable bonds is 7. The highest BCUT2D eigenvalue weighted by molar-refractivity contribution is 5.94. The third kappa shape index (κ3) is 5.53. The van der Waals surface area contributed by atoms with Crippen LogP contribution in [0.5, 0.6) is 0 Å². The number of benzene rings is 1. The minimum absolute atomic E-state index is 0.242. The lowest BCUT2D eigenvalue weighted by atomic mass is 9.98. The van der Waals surface area contributed by atoms with Crippen LogP contribution in [0, 0.1) is 0 Å². The first-order chi connectivity index (χ1) is 11.9. The molecule has 0 bridgehead atoms. The molecule has 0 aliphatic carbocycles. The summed E-state index contributed by atoms with van der Waals surface area (Å²) in [7, 11) is 1.53. The maximum atomic E-state index is 12.6. The molecule has 0 radical (unpaired) electrons. The Kier molecular flexibility index (Phi) is 6.46. The number of nitrogens with zero attached hydrogens (tertiary/aromatic N) is 2. The molecular formula is C17H18F3N3O2. The molecule has 8 heteroatoms. The molecule has 2 rings (SSSR count). The van der Waals surface area contributed by atoms with Crippen molar-refractivity contribution in [2.45, 2.75) is 18.5 Å². The Morgan fingerprint density at radius 3 is 2.40 bits per heavy atom. The van der Waals surface area contributed by atoms with E-state index < -0.39 is 12.0 Å². The van der Waals surface area contributed by atoms with Gasteiger partial charge in [-0.05, 0) is 24.1 Å². The van der Waals surface area contributed by atoms with Crippen molar-refractivity contribution in [1.82, 2.24) is 15.3 Å². The van der Waals surface area contributed by atoms with Gasteiger partial charge in [0, 0.05) is 44.1 Å². The number of hydrogen-bond acceptors (Lipinski definition) is 4. The Hall–Kier alpha value is -2.48. The van der Waals surface area contributed by atoms with Crippen molar-refractivity contribution in [2.24, 2.45) is 0 Å². The molecule has 1 atom stereocenters. The van der Waals surface area contributed by atoms with Gasteiger partial charge >= 0.3 is 6.18 Å². The third-order valence-corrected chi connectivity index (χ3v) is 3.61. The molecule has 1 unspecified atom stereocenters. The molecule has 1 aromatic heterocycles. The van der Waals surface area contributed by atoms with Crippen molar-refractivity contribution in [3.8, 4) is 0 Å². The smallest absolute Gasteiger partial charge is 0.385 e. The van der Waals surface area contributed by atoms with Gasteiger partial charge in [0.25, 0.3) is 5.91 Å². The van der Waals surface area contributed by atoms with Crippen molar-refractivity contribution in [3.05, 3.63) is 59.7 Å². The maximum Gasteiger partial charge on any atom is 0.451 e. The summed E-state index contributed by atoms with van der Waals surface area (Å²) in [5, 5.41) is 2.78. The van der Waals surface area contributed by atoms with Crippen LogP contribution in [0.3, 0.4) is 0 Å². The van der Waals surface area contributed by atoms with Crippen molar-refractivity contribution in [1.29, 1.82) is 0 Å². The highest BCUT2D eigenvalue weighted by atomic mass is 19.4. The molecule has 0 fully saturated rings. The number of ether oxygens (including phenoxy) is 1. The zero-order valence-corrected chi connectivity index (χ0v) is 13.6. The zero-order chi connectivity index (χ0) is 18.3. The highest BCUT2D eigenvalue weighted by Gasteiger charge is 2.34. The van der Waals surface area contributed by atoms with Crippen molar-refractivity contribution < 1.29 is 22.7 Å². The van der Waals surface area contributed by atoms with E-state index in [1.54, 1.807) is 30.3 Å². The fourth-order valence-electron chi connectivity index (χ4n) is 2.25. The molecule has 0 spiro atoms. The van der Waals surface area contributed by atoms with E-state index >= 15 is 0 Å². The monoisotopic (exact) mass is 353 g/mol. The van der Waals surface area contributed by atoms with Gasteiger partial charge in [-0.25, -0.2) is 9.97 Å². The molecule has 1 heterocycles. The Balaban J connectivity index is 2.06. The molecule has 1 aromatic carbocycles. The summed E-state index contributed by atoms with van der Waals surface area (Å²) in [5.74, 6) is -1.69. The average molecular weight is 353 g/mol. The standard InChI is InChI=1S/C17H18F3N3O2/c1-25-8-7-13(9-21-15(24)12-5-3-2-4-6-12)14-10-22-16(23-11-14)17(18,19)20/h2-6,10-11,13H,7-9H2,1H3,(H,21,24). The summed E-state index contributed by atoms with van der Waals surface area (Å²) in [4.78, 5) is 18.9. The van der Waals surface area contributed by atoms with Gasteiger partial charge < -0.3 is 10.1 Å². The normalized spacial score (nSPS) is 12.6. The summed E-state index contributed by atoms with van der Waals surface area (Å²) in [5.41, 5.74) is 1.02. The molecule has 5 nitrogen and oxygen atoms in total. The number of nitrogens with one attached hydrogen (secondary N) is 1. The fraction of sp³-hybridized carbons (Fsp3) is 0.353. The molecule has 0 saturated carbocycles. The fourth-order valence-corrected chi connectivity index (χ4v) is 2.25. The molecule has 2 aromatic rings. The van der Waals surface area contributed by atoms with Crippen LogP contribution in [-0.4, -0.2) is 36.1 Å². The first-order valence-electron chi connectivity index (χ1n) is 7.63. The summed E-state index contributed by atoms with van der Waals surface area (Å²) in [6.07, 6.45) is -1.78. The van der Waals surface area contributed by atoms with E-state index in [2.05, 4.69) is 15.3 Å². The molecular weight excluding hydrogens is 335 g/mol. The van der Waals surface area contributed by atoms with Crippen LogP contribution in [0.4, 0.5) is 13.2 Å². The van der Waals surface area contributed by atoms with E-state index in [1.165, 1.54) is 7.11 Å². The Morgan fingerprint density at radius 1 is 1.20 bits per heavy atom. The van der Waals surface area contributed by atoms with Gasteiger partial charge in [-0.3, -0.25) is 4.79 Å². The van der Waals surface area contributed by atoms with E-state index in [0.717, 1.165) is 12.4 Å². The van der Waals surface area contributed by atoms with Crippen LogP contribution in [0.15, 0.2) is 42.7 Å². The van der Waals surface area contributed by atoms with Gasteiger partial charge in [0.1, 0.15) is 0 Å². The van der Waals surface area contributed by atoms with Gasteiger partial charge in [-0.2, -0.15) is 13.2 Å². The van der Waals surface area contributed by atoms with Gasteiger partial charge in [-0.1, -0.05) is 18.2 Å². The van der Waals surface area contributed by atoms with Gasteiger partial charge in [0.15, 0.2) is 0 Å². The van der Waals surface area contributed by atoms with Crippen LogP contribution in [0.2, 0.25) is 0 Å². The minimum Gasteiger partial charge on any atom is -0.385 e. The van der Waals surface area contributed by atoms with Crippen LogP contribution in [0.25, 0.3) is 0 Å². The highest BCUT2D eigenvalue weighted by Crippen LogP contribution is 2.26. The summed E-state index contributed by atoms with van der Waals surface area (Å²) < 4.78 is 42.7. The topological polar surface area (TPSA) is 64.1 Å². The summed E-state index contributed by atoms with van der Waals surface area (Å²) >= 11 is 0. The average Bonchev–Trinajstić information content (AvgIpc) is 2.62. The van der Waals surface area contributed by atoms with E-state index in [-0.39, 0.29) is 18.4 Å². The Bertz CT molecular complexity index is 676. The number of carbonyl (C=O) groups excluding carboxylic acids is 1. The lowest BCUT2D eigenvalue weighted by molar-refractivity contribution is -0.145. The number of hydrogen-bond donors (Lipinski definition) is 1. The second-order valence-corrected chi connectivity index (χ2v) is 5.39.